The molecular weight excluding hydrogens is 270 g/mol. The third kappa shape index (κ3) is 4.09. The number of hydrogen-bond donors (Lipinski definition) is 0. The molecule has 4 heteroatoms. The van der Waals surface area contributed by atoms with Gasteiger partial charge in [0.05, 0.1) is 6.33 Å². The summed E-state index contributed by atoms with van der Waals surface area (Å²) in [5.41, 5.74) is 1.34. The Morgan fingerprint density at radius 3 is 2.65 bits per heavy atom. The van der Waals surface area contributed by atoms with Crippen LogP contribution < -0.4 is 0 Å². The maximum atomic E-state index is 5.96. The van der Waals surface area contributed by atoms with E-state index in [2.05, 4.69) is 40.6 Å². The van der Waals surface area contributed by atoms with Gasteiger partial charge in [0.1, 0.15) is 0 Å². The number of aromatic nitrogens is 2. The van der Waals surface area contributed by atoms with Gasteiger partial charge in [-0.15, -0.1) is 0 Å². The molecule has 0 spiro atoms. The van der Waals surface area contributed by atoms with Crippen LogP contribution in [-0.4, -0.2) is 28.0 Å². The van der Waals surface area contributed by atoms with Gasteiger partial charge < -0.3 is 4.57 Å². The quantitative estimate of drug-likeness (QED) is 0.768. The van der Waals surface area contributed by atoms with Gasteiger partial charge in [0.15, 0.2) is 0 Å². The third-order valence-corrected chi connectivity index (χ3v) is 3.91. The molecule has 0 fully saturated rings. The van der Waals surface area contributed by atoms with E-state index in [-0.39, 0.29) is 0 Å². The minimum absolute atomic E-state index is 0.454. The molecule has 3 nitrogen and oxygen atoms in total. The Bertz CT molecular complexity index is 493. The lowest BCUT2D eigenvalue weighted by atomic mass is 10.0. The first-order valence-electron chi connectivity index (χ1n) is 7.12. The first-order valence-corrected chi connectivity index (χ1v) is 7.50. The van der Waals surface area contributed by atoms with Gasteiger partial charge in [0.2, 0.25) is 0 Å². The molecule has 0 aliphatic rings. The van der Waals surface area contributed by atoms with Crippen LogP contribution in [-0.2, 0) is 6.54 Å². The summed E-state index contributed by atoms with van der Waals surface area (Å²) in [6.07, 6.45) is 7.93. The molecule has 0 saturated carbocycles. The molecule has 0 amide bonds. The minimum Gasteiger partial charge on any atom is -0.337 e. The number of imidazole rings is 1. The monoisotopic (exact) mass is 291 g/mol. The van der Waals surface area contributed by atoms with E-state index in [1.165, 1.54) is 5.56 Å². The lowest BCUT2D eigenvalue weighted by molar-refractivity contribution is 0.232. The summed E-state index contributed by atoms with van der Waals surface area (Å²) in [6, 6.07) is 8.65. The first kappa shape index (κ1) is 15.1. The van der Waals surface area contributed by atoms with Crippen molar-refractivity contribution in [3.63, 3.8) is 0 Å². The number of aryl methyl sites for hydroxylation is 1. The molecule has 2 rings (SSSR count). The molecular formula is C16H22ClN3. The summed E-state index contributed by atoms with van der Waals surface area (Å²) < 4.78 is 2.12. The van der Waals surface area contributed by atoms with Crippen molar-refractivity contribution >= 4 is 11.6 Å². The Labute approximate surface area is 126 Å². The highest BCUT2D eigenvalue weighted by Crippen LogP contribution is 2.24. The predicted molar refractivity (Wildman–Crippen MR) is 84.0 cm³/mol. The number of benzene rings is 1. The van der Waals surface area contributed by atoms with Gasteiger partial charge in [-0.2, -0.15) is 0 Å². The van der Waals surface area contributed by atoms with Crippen molar-refractivity contribution in [2.24, 2.45) is 0 Å². The van der Waals surface area contributed by atoms with Crippen LogP contribution in [0.4, 0.5) is 0 Å². The average molecular weight is 292 g/mol. The summed E-state index contributed by atoms with van der Waals surface area (Å²) in [6.45, 7) is 4.31. The maximum Gasteiger partial charge on any atom is 0.0945 e. The Kier molecular flexibility index (Phi) is 5.62. The largest absolute Gasteiger partial charge is 0.337 e. The zero-order valence-electron chi connectivity index (χ0n) is 12.2. The fourth-order valence-electron chi connectivity index (χ4n) is 2.56. The van der Waals surface area contributed by atoms with Crippen LogP contribution >= 0.6 is 11.6 Å². The van der Waals surface area contributed by atoms with Gasteiger partial charge >= 0.3 is 0 Å². The lowest BCUT2D eigenvalue weighted by Crippen LogP contribution is -2.26. The topological polar surface area (TPSA) is 21.1 Å². The van der Waals surface area contributed by atoms with Crippen LogP contribution in [0.3, 0.4) is 0 Å². The molecule has 2 aromatic rings. The van der Waals surface area contributed by atoms with Crippen molar-refractivity contribution in [3.8, 4) is 0 Å². The fourth-order valence-corrected chi connectivity index (χ4v) is 2.69. The van der Waals surface area contributed by atoms with E-state index in [9.17, 15) is 0 Å². The molecule has 0 radical (unpaired) electrons. The number of rotatable bonds is 7. The number of halogens is 1. The lowest BCUT2D eigenvalue weighted by Gasteiger charge is -2.27. The highest BCUT2D eigenvalue weighted by Gasteiger charge is 2.14. The van der Waals surface area contributed by atoms with E-state index >= 15 is 0 Å². The fraction of sp³-hybridized carbons (Fsp3) is 0.438. The zero-order valence-corrected chi connectivity index (χ0v) is 12.9. The van der Waals surface area contributed by atoms with Crippen molar-refractivity contribution in [1.29, 1.82) is 0 Å². The summed E-state index contributed by atoms with van der Waals surface area (Å²) in [7, 11) is 2.19. The van der Waals surface area contributed by atoms with Crippen LogP contribution in [0.2, 0.25) is 5.02 Å². The molecule has 20 heavy (non-hydrogen) atoms. The smallest absolute Gasteiger partial charge is 0.0945 e. The number of nitrogens with zero attached hydrogens (tertiary/aromatic N) is 3. The van der Waals surface area contributed by atoms with Gasteiger partial charge in [-0.25, -0.2) is 4.98 Å². The second-order valence-corrected chi connectivity index (χ2v) is 5.55. The van der Waals surface area contributed by atoms with Crippen LogP contribution in [0.1, 0.15) is 31.4 Å². The van der Waals surface area contributed by atoms with Gasteiger partial charge in [-0.3, -0.25) is 4.90 Å². The molecule has 0 bridgehead atoms. The van der Waals surface area contributed by atoms with Crippen molar-refractivity contribution in [2.75, 3.05) is 13.6 Å². The van der Waals surface area contributed by atoms with E-state index in [1.54, 1.807) is 0 Å². The van der Waals surface area contributed by atoms with E-state index < -0.39 is 0 Å². The van der Waals surface area contributed by atoms with Gasteiger partial charge in [-0.05, 0) is 37.6 Å². The normalized spacial score (nSPS) is 12.8. The van der Waals surface area contributed by atoms with Gasteiger partial charge in [0.25, 0.3) is 0 Å². The summed E-state index contributed by atoms with van der Waals surface area (Å²) in [5.74, 6) is 0. The van der Waals surface area contributed by atoms with Crippen molar-refractivity contribution in [3.05, 3.63) is 53.6 Å². The summed E-state index contributed by atoms with van der Waals surface area (Å²) in [5, 5.41) is 0.798. The predicted octanol–water partition coefficient (Wildman–Crippen LogP) is 4.01. The Balaban J connectivity index is 1.88. The standard InChI is InChI=1S/C16H22ClN3/c1-3-16(14-5-7-15(17)8-6-14)19(2)10-4-11-20-12-9-18-13-20/h5-9,12-13,16H,3-4,10-11H2,1-2H3. The van der Waals surface area contributed by atoms with Gasteiger partial charge in [0, 0.05) is 36.5 Å². The maximum absolute atomic E-state index is 5.96. The number of hydrogen-bond acceptors (Lipinski definition) is 2. The molecule has 0 aliphatic heterocycles. The highest BCUT2D eigenvalue weighted by atomic mass is 35.5. The van der Waals surface area contributed by atoms with Crippen LogP contribution in [0, 0.1) is 0 Å². The van der Waals surface area contributed by atoms with E-state index in [0.29, 0.717) is 6.04 Å². The van der Waals surface area contributed by atoms with E-state index in [0.717, 1.165) is 31.0 Å². The van der Waals surface area contributed by atoms with E-state index in [4.69, 9.17) is 11.6 Å². The average Bonchev–Trinajstić information content (AvgIpc) is 2.95. The molecule has 0 N–H and O–H groups in total. The molecule has 108 valence electrons. The van der Waals surface area contributed by atoms with E-state index in [1.807, 2.05) is 30.9 Å². The van der Waals surface area contributed by atoms with Crippen molar-refractivity contribution < 1.29 is 0 Å². The molecule has 0 aliphatic carbocycles. The van der Waals surface area contributed by atoms with Crippen LogP contribution in [0.5, 0.6) is 0 Å². The van der Waals surface area contributed by atoms with Crippen LogP contribution in [0.15, 0.2) is 43.0 Å². The Morgan fingerprint density at radius 2 is 2.05 bits per heavy atom. The van der Waals surface area contributed by atoms with Crippen molar-refractivity contribution in [2.45, 2.75) is 32.4 Å². The van der Waals surface area contributed by atoms with Crippen molar-refractivity contribution in [1.82, 2.24) is 14.5 Å². The second kappa shape index (κ2) is 7.46. The molecule has 1 unspecified atom stereocenters. The summed E-state index contributed by atoms with van der Waals surface area (Å²) >= 11 is 5.96. The molecule has 1 atom stereocenters. The van der Waals surface area contributed by atoms with Gasteiger partial charge in [-0.1, -0.05) is 30.7 Å². The molecule has 0 saturated heterocycles. The molecule has 1 aromatic carbocycles. The highest BCUT2D eigenvalue weighted by molar-refractivity contribution is 6.30. The first-order chi connectivity index (χ1) is 9.70. The zero-order chi connectivity index (χ0) is 14.4. The SMILES string of the molecule is CCC(c1ccc(Cl)cc1)N(C)CCCn1ccnc1. The molecule has 1 heterocycles. The third-order valence-electron chi connectivity index (χ3n) is 3.66. The summed E-state index contributed by atoms with van der Waals surface area (Å²) in [4.78, 5) is 6.48. The Morgan fingerprint density at radius 1 is 1.30 bits per heavy atom. The minimum atomic E-state index is 0.454. The van der Waals surface area contributed by atoms with Crippen LogP contribution in [0.25, 0.3) is 0 Å². The Hall–Kier alpha value is -1.32. The second-order valence-electron chi connectivity index (χ2n) is 5.11. The molecule has 1 aromatic heterocycles.